The molecule has 4 nitrogen and oxygen atoms in total. The Morgan fingerprint density at radius 1 is 0.833 bits per heavy atom. The number of ether oxygens (including phenoxy) is 1. The van der Waals surface area contributed by atoms with Crippen LogP contribution in [-0.2, 0) is 4.57 Å². The van der Waals surface area contributed by atoms with Gasteiger partial charge in [-0.25, -0.2) is 0 Å². The van der Waals surface area contributed by atoms with Gasteiger partial charge in [-0.1, -0.05) is 56.3 Å². The van der Waals surface area contributed by atoms with Crippen LogP contribution in [0.25, 0.3) is 11.1 Å². The van der Waals surface area contributed by atoms with Crippen molar-refractivity contribution in [1.82, 2.24) is 0 Å². The second kappa shape index (κ2) is 9.40. The molecule has 0 saturated heterocycles. The number of aromatic hydroxyl groups is 1. The molecule has 0 radical (unpaired) electrons. The topological polar surface area (TPSA) is 55.8 Å². The highest BCUT2D eigenvalue weighted by molar-refractivity contribution is 7.41. The number of hydrogen-bond acceptors (Lipinski definition) is 4. The van der Waals surface area contributed by atoms with E-state index >= 15 is 0 Å². The Kier molecular flexibility index (Phi) is 6.89. The molecule has 0 saturated carbocycles. The van der Waals surface area contributed by atoms with Crippen LogP contribution in [0.15, 0.2) is 66.7 Å². The second-order valence-corrected chi connectivity index (χ2v) is 9.18. The van der Waals surface area contributed by atoms with Crippen LogP contribution in [0, 0.1) is 13.8 Å². The van der Waals surface area contributed by atoms with Crippen molar-refractivity contribution in [2.24, 2.45) is 0 Å². The minimum atomic E-state index is -2.56. The van der Waals surface area contributed by atoms with Gasteiger partial charge in [-0.3, -0.25) is 4.57 Å². The first-order valence-electron chi connectivity index (χ1n) is 10.3. The Labute approximate surface area is 179 Å². The van der Waals surface area contributed by atoms with Crippen LogP contribution in [0.5, 0.6) is 17.2 Å². The van der Waals surface area contributed by atoms with E-state index in [4.69, 9.17) is 9.26 Å². The molecule has 1 N–H and O–H groups in total. The van der Waals surface area contributed by atoms with E-state index in [1.54, 1.807) is 12.1 Å². The van der Waals surface area contributed by atoms with Gasteiger partial charge in [0.2, 0.25) is 0 Å². The van der Waals surface area contributed by atoms with Gasteiger partial charge in [0.15, 0.2) is 5.34 Å². The second-order valence-electron chi connectivity index (χ2n) is 7.49. The first-order chi connectivity index (χ1) is 14.4. The largest absolute Gasteiger partial charge is 0.508 e. The third-order valence-corrected chi connectivity index (χ3v) is 7.46. The van der Waals surface area contributed by atoms with Crippen LogP contribution in [0.4, 0.5) is 0 Å². The molecule has 0 aromatic heterocycles. The molecule has 0 fully saturated rings. The molecule has 0 aliphatic carbocycles. The molecule has 0 heterocycles. The summed E-state index contributed by atoms with van der Waals surface area (Å²) in [5.41, 5.74) is 4.02. The molecule has 0 aliphatic heterocycles. The van der Waals surface area contributed by atoms with Gasteiger partial charge in [-0.2, -0.15) is 0 Å². The summed E-state index contributed by atoms with van der Waals surface area (Å²) >= 11 is 0. The van der Waals surface area contributed by atoms with E-state index in [-0.39, 0.29) is 5.75 Å². The standard InChI is InChI=1S/C25H29O4P/c1-5-25(6-2,28-24-18(3)8-7-9-19(24)4)30(27)29-23-16-12-21(13-17-23)20-10-14-22(26)15-11-20/h7-17,26,30H,5-6H2,1-4H3. The third kappa shape index (κ3) is 4.71. The van der Waals surface area contributed by atoms with E-state index in [0.717, 1.165) is 28.0 Å². The number of benzene rings is 3. The monoisotopic (exact) mass is 424 g/mol. The van der Waals surface area contributed by atoms with E-state index in [1.165, 1.54) is 0 Å². The fraction of sp³-hybridized carbons (Fsp3) is 0.280. The molecule has 0 spiro atoms. The number of rotatable bonds is 8. The number of hydrogen-bond donors (Lipinski definition) is 1. The van der Waals surface area contributed by atoms with Gasteiger partial charge < -0.3 is 14.4 Å². The van der Waals surface area contributed by atoms with Gasteiger partial charge in [-0.15, -0.1) is 0 Å². The molecule has 30 heavy (non-hydrogen) atoms. The van der Waals surface area contributed by atoms with Crippen LogP contribution in [0.3, 0.4) is 0 Å². The summed E-state index contributed by atoms with van der Waals surface area (Å²) in [7, 11) is -2.56. The first-order valence-corrected chi connectivity index (χ1v) is 11.6. The van der Waals surface area contributed by atoms with Gasteiger partial charge in [0.1, 0.15) is 17.2 Å². The Bertz CT molecular complexity index is 986. The van der Waals surface area contributed by atoms with E-state index in [1.807, 2.05) is 82.3 Å². The fourth-order valence-corrected chi connectivity index (χ4v) is 4.75. The molecule has 3 aromatic rings. The van der Waals surface area contributed by atoms with Crippen LogP contribution < -0.4 is 9.26 Å². The van der Waals surface area contributed by atoms with Gasteiger partial charge in [0.25, 0.3) is 8.03 Å². The molecule has 3 aromatic carbocycles. The van der Waals surface area contributed by atoms with Crippen LogP contribution in [0.2, 0.25) is 0 Å². The quantitative estimate of drug-likeness (QED) is 0.391. The molecule has 3 rings (SSSR count). The smallest absolute Gasteiger partial charge is 0.278 e. The maximum Gasteiger partial charge on any atom is 0.278 e. The zero-order valence-electron chi connectivity index (χ0n) is 17.9. The zero-order valence-corrected chi connectivity index (χ0v) is 18.9. The lowest BCUT2D eigenvalue weighted by Gasteiger charge is -2.33. The molecular formula is C25H29O4P. The van der Waals surface area contributed by atoms with E-state index in [2.05, 4.69) is 0 Å². The van der Waals surface area contributed by atoms with Crippen LogP contribution in [-0.4, -0.2) is 10.4 Å². The third-order valence-electron chi connectivity index (χ3n) is 5.49. The minimum absolute atomic E-state index is 0.233. The number of phenols is 1. The lowest BCUT2D eigenvalue weighted by molar-refractivity contribution is 0.133. The minimum Gasteiger partial charge on any atom is -0.508 e. The Morgan fingerprint density at radius 2 is 1.33 bits per heavy atom. The Morgan fingerprint density at radius 3 is 1.83 bits per heavy atom. The predicted molar refractivity (Wildman–Crippen MR) is 123 cm³/mol. The van der Waals surface area contributed by atoms with Crippen LogP contribution >= 0.6 is 8.03 Å². The van der Waals surface area contributed by atoms with Crippen molar-refractivity contribution in [2.45, 2.75) is 45.9 Å². The first kappa shape index (κ1) is 22.0. The van der Waals surface area contributed by atoms with Crippen molar-refractivity contribution in [1.29, 1.82) is 0 Å². The summed E-state index contributed by atoms with van der Waals surface area (Å²) in [6, 6.07) is 20.5. The van der Waals surface area contributed by atoms with Crippen molar-refractivity contribution < 1.29 is 18.9 Å². The maximum absolute atomic E-state index is 13.3. The molecule has 0 amide bonds. The van der Waals surface area contributed by atoms with Gasteiger partial charge >= 0.3 is 0 Å². The van der Waals surface area contributed by atoms with Gasteiger partial charge in [-0.05, 0) is 73.2 Å². The van der Waals surface area contributed by atoms with Crippen LogP contribution in [0.1, 0.15) is 37.8 Å². The summed E-state index contributed by atoms with van der Waals surface area (Å²) in [6.45, 7) is 7.96. The maximum atomic E-state index is 13.3. The zero-order chi connectivity index (χ0) is 21.7. The van der Waals surface area contributed by atoms with Gasteiger partial charge in [0.05, 0.1) is 0 Å². The van der Waals surface area contributed by atoms with E-state index < -0.39 is 13.4 Å². The molecule has 1 atom stereocenters. The number of phenolic OH excluding ortho intramolecular Hbond substituents is 1. The molecule has 0 bridgehead atoms. The summed E-state index contributed by atoms with van der Waals surface area (Å²) in [5, 5.41) is 8.58. The summed E-state index contributed by atoms with van der Waals surface area (Å²) in [5.74, 6) is 1.57. The van der Waals surface area contributed by atoms with Crippen molar-refractivity contribution >= 4 is 8.03 Å². The average Bonchev–Trinajstić information content (AvgIpc) is 2.75. The molecule has 1 unspecified atom stereocenters. The van der Waals surface area contributed by atoms with Crippen molar-refractivity contribution in [3.8, 4) is 28.4 Å². The highest BCUT2D eigenvalue weighted by Gasteiger charge is 2.38. The Hall–Kier alpha value is -2.71. The summed E-state index contributed by atoms with van der Waals surface area (Å²) in [6.07, 6.45) is 1.17. The number of para-hydroxylation sites is 1. The highest BCUT2D eigenvalue weighted by Crippen LogP contribution is 2.48. The predicted octanol–water partition coefficient (Wildman–Crippen LogP) is 7.12. The summed E-state index contributed by atoms with van der Waals surface area (Å²) < 4.78 is 25.6. The normalized spacial score (nSPS) is 12.4. The molecular weight excluding hydrogens is 395 g/mol. The molecule has 0 aliphatic rings. The van der Waals surface area contributed by atoms with Crippen molar-refractivity contribution in [3.05, 3.63) is 77.9 Å². The number of aryl methyl sites for hydroxylation is 2. The SMILES string of the molecule is CCC(CC)(Oc1c(C)cccc1C)[PH](=O)Oc1ccc(-c2ccc(O)cc2)cc1. The average molecular weight is 424 g/mol. The fourth-order valence-electron chi connectivity index (χ4n) is 3.45. The van der Waals surface area contributed by atoms with Crippen molar-refractivity contribution in [3.63, 3.8) is 0 Å². The Balaban J connectivity index is 1.80. The molecule has 158 valence electrons. The van der Waals surface area contributed by atoms with Gasteiger partial charge in [0, 0.05) is 0 Å². The van der Waals surface area contributed by atoms with E-state index in [0.29, 0.717) is 18.6 Å². The lowest BCUT2D eigenvalue weighted by Crippen LogP contribution is -2.32. The lowest BCUT2D eigenvalue weighted by atomic mass is 10.1. The van der Waals surface area contributed by atoms with E-state index in [9.17, 15) is 9.67 Å². The van der Waals surface area contributed by atoms with Crippen molar-refractivity contribution in [2.75, 3.05) is 0 Å². The molecule has 5 heteroatoms. The summed E-state index contributed by atoms with van der Waals surface area (Å²) in [4.78, 5) is 0. The highest BCUT2D eigenvalue weighted by atomic mass is 31.1.